The number of fused-ring (bicyclic) bond motifs is 1. The molecule has 0 aliphatic carbocycles. The molecule has 0 spiro atoms. The van der Waals surface area contributed by atoms with Gasteiger partial charge in [0.2, 0.25) is 0 Å². The summed E-state index contributed by atoms with van der Waals surface area (Å²) < 4.78 is 22.6. The first kappa shape index (κ1) is 22.6. The molecule has 174 valence electrons. The summed E-state index contributed by atoms with van der Waals surface area (Å²) in [5.41, 5.74) is 10.8. The van der Waals surface area contributed by atoms with Crippen LogP contribution in [0.15, 0.2) is 61.1 Å². The van der Waals surface area contributed by atoms with Crippen molar-refractivity contribution in [3.63, 3.8) is 0 Å². The lowest BCUT2D eigenvalue weighted by Gasteiger charge is -2.08. The van der Waals surface area contributed by atoms with Gasteiger partial charge < -0.3 is 15.0 Å². The van der Waals surface area contributed by atoms with Gasteiger partial charge in [-0.2, -0.15) is 0 Å². The Balaban J connectivity index is 1.63. The van der Waals surface area contributed by atoms with E-state index in [4.69, 9.17) is 16.9 Å². The van der Waals surface area contributed by atoms with Crippen LogP contribution in [-0.4, -0.2) is 24.5 Å². The van der Waals surface area contributed by atoms with Crippen LogP contribution in [0.4, 0.5) is 10.2 Å². The van der Waals surface area contributed by atoms with Crippen LogP contribution in [0.5, 0.6) is 11.8 Å². The van der Waals surface area contributed by atoms with Gasteiger partial charge in [-0.25, -0.2) is 24.3 Å². The maximum Gasteiger partial charge on any atom is 0.322 e. The maximum atomic E-state index is 15.2. The van der Waals surface area contributed by atoms with E-state index in [0.717, 1.165) is 11.1 Å². The van der Waals surface area contributed by atoms with Crippen LogP contribution in [0.2, 0.25) is 0 Å². The molecular weight excluding hydrogens is 455 g/mol. The summed E-state index contributed by atoms with van der Waals surface area (Å²) >= 11 is 0. The van der Waals surface area contributed by atoms with E-state index in [1.807, 2.05) is 35.9 Å². The third kappa shape index (κ3) is 4.20. The molecule has 7 nitrogen and oxygen atoms in total. The molecule has 5 rings (SSSR count). The van der Waals surface area contributed by atoms with Crippen molar-refractivity contribution < 1.29 is 9.13 Å². The van der Waals surface area contributed by atoms with Gasteiger partial charge in [-0.15, -0.1) is 6.42 Å². The smallest absolute Gasteiger partial charge is 0.322 e. The van der Waals surface area contributed by atoms with Crippen molar-refractivity contribution in [2.45, 2.75) is 6.92 Å². The van der Waals surface area contributed by atoms with Crippen molar-refractivity contribution in [1.82, 2.24) is 24.5 Å². The molecule has 2 aromatic carbocycles. The minimum atomic E-state index is -0.589. The van der Waals surface area contributed by atoms with Crippen molar-refractivity contribution in [2.24, 2.45) is 7.05 Å². The number of hydrogen-bond donors (Lipinski definition) is 1. The largest absolute Gasteiger partial charge is 0.421 e. The highest BCUT2D eigenvalue weighted by Gasteiger charge is 2.21. The summed E-state index contributed by atoms with van der Waals surface area (Å²) in [4.78, 5) is 16.7. The standard InChI is InChI=1S/C28H19FN6O/c1-4-18-5-7-19(8-6-18)9-11-22-24(25-26(30)32-16-33-27(25)35(22)3)20-10-12-23(21(29)15-20)36-28-31-14-13-17(2)34-28/h1,5-8,10,12-16H,2-3H3,(H2,30,32,33). The Kier molecular flexibility index (Phi) is 5.77. The molecule has 8 heteroatoms. The second-order valence-electron chi connectivity index (χ2n) is 7.94. The lowest BCUT2D eigenvalue weighted by Crippen LogP contribution is -1.96. The highest BCUT2D eigenvalue weighted by Crippen LogP contribution is 2.37. The van der Waals surface area contributed by atoms with Gasteiger partial charge >= 0.3 is 6.01 Å². The van der Waals surface area contributed by atoms with Gasteiger partial charge in [-0.05, 0) is 60.9 Å². The fourth-order valence-corrected chi connectivity index (χ4v) is 3.80. The number of benzene rings is 2. The molecule has 5 aromatic rings. The normalized spacial score (nSPS) is 10.5. The van der Waals surface area contributed by atoms with Crippen LogP contribution in [0.25, 0.3) is 22.2 Å². The average molecular weight is 474 g/mol. The first-order valence-electron chi connectivity index (χ1n) is 10.9. The number of nitrogen functional groups attached to an aromatic ring is 1. The van der Waals surface area contributed by atoms with Gasteiger partial charge in [-0.3, -0.25) is 0 Å². The van der Waals surface area contributed by atoms with Crippen LogP contribution in [-0.2, 0) is 7.05 Å². The van der Waals surface area contributed by atoms with Crippen molar-refractivity contribution in [1.29, 1.82) is 0 Å². The zero-order valence-corrected chi connectivity index (χ0v) is 19.5. The molecule has 2 N–H and O–H groups in total. The number of aryl methyl sites for hydroxylation is 2. The van der Waals surface area contributed by atoms with Crippen molar-refractivity contribution in [3.05, 3.63) is 89.4 Å². The minimum absolute atomic E-state index is 0.00459. The van der Waals surface area contributed by atoms with Crippen molar-refractivity contribution in [2.75, 3.05) is 5.73 Å². The molecule has 0 fully saturated rings. The Morgan fingerprint density at radius 3 is 2.50 bits per heavy atom. The number of rotatable bonds is 3. The SMILES string of the molecule is C#Cc1ccc(C#Cc2c(-c3ccc(Oc4nccc(C)n4)c(F)c3)c3c(N)ncnc3n2C)cc1. The summed E-state index contributed by atoms with van der Waals surface area (Å²) in [6, 6.07) is 13.7. The maximum absolute atomic E-state index is 15.2. The number of hydrogen-bond acceptors (Lipinski definition) is 6. The molecule has 0 unspecified atom stereocenters. The highest BCUT2D eigenvalue weighted by molar-refractivity contribution is 6.03. The van der Waals surface area contributed by atoms with E-state index in [0.29, 0.717) is 33.5 Å². The number of nitrogens with zero attached hydrogens (tertiary/aromatic N) is 5. The topological polar surface area (TPSA) is 91.7 Å². The molecule has 3 heterocycles. The monoisotopic (exact) mass is 474 g/mol. The predicted molar refractivity (Wildman–Crippen MR) is 136 cm³/mol. The van der Waals surface area contributed by atoms with E-state index in [1.54, 1.807) is 25.3 Å². The molecule has 0 aliphatic heterocycles. The van der Waals surface area contributed by atoms with Crippen LogP contribution in [0.1, 0.15) is 22.5 Å². The number of halogens is 1. The molecule has 0 atom stereocenters. The molecule has 0 radical (unpaired) electrons. The first-order chi connectivity index (χ1) is 17.4. The third-order valence-corrected chi connectivity index (χ3v) is 5.57. The fourth-order valence-electron chi connectivity index (χ4n) is 3.80. The van der Waals surface area contributed by atoms with E-state index in [9.17, 15) is 0 Å². The Hall–Kier alpha value is -5.21. The van der Waals surface area contributed by atoms with E-state index in [1.165, 1.54) is 18.5 Å². The van der Waals surface area contributed by atoms with Gasteiger partial charge in [-0.1, -0.05) is 17.9 Å². The van der Waals surface area contributed by atoms with Crippen LogP contribution in [0, 0.1) is 36.9 Å². The van der Waals surface area contributed by atoms with Crippen molar-refractivity contribution >= 4 is 16.9 Å². The molecule has 0 aliphatic rings. The van der Waals surface area contributed by atoms with E-state index in [2.05, 4.69) is 37.7 Å². The Bertz CT molecular complexity index is 1720. The van der Waals surface area contributed by atoms with Crippen molar-refractivity contribution in [3.8, 4) is 47.1 Å². The summed E-state index contributed by atoms with van der Waals surface area (Å²) in [5.74, 6) is 8.60. The van der Waals surface area contributed by atoms with Gasteiger partial charge in [0.05, 0.1) is 5.39 Å². The zero-order valence-electron chi connectivity index (χ0n) is 19.5. The van der Waals surface area contributed by atoms with Gasteiger partial charge in [0.1, 0.15) is 23.5 Å². The molecule has 0 saturated heterocycles. The summed E-state index contributed by atoms with van der Waals surface area (Å²) in [7, 11) is 1.83. The molecule has 0 saturated carbocycles. The lowest BCUT2D eigenvalue weighted by atomic mass is 10.0. The fraction of sp³-hybridized carbons (Fsp3) is 0.0714. The van der Waals surface area contributed by atoms with Gasteiger partial charge in [0.25, 0.3) is 0 Å². The second kappa shape index (κ2) is 9.21. The quantitative estimate of drug-likeness (QED) is 0.384. The zero-order chi connectivity index (χ0) is 25.2. The Morgan fingerprint density at radius 2 is 1.78 bits per heavy atom. The number of ether oxygens (including phenoxy) is 1. The van der Waals surface area contributed by atoms with E-state index < -0.39 is 5.82 Å². The number of nitrogens with two attached hydrogens (primary N) is 1. The second-order valence-corrected chi connectivity index (χ2v) is 7.94. The summed E-state index contributed by atoms with van der Waals surface area (Å²) in [6.45, 7) is 1.80. The van der Waals surface area contributed by atoms with E-state index in [-0.39, 0.29) is 17.6 Å². The molecule has 3 aromatic heterocycles. The highest BCUT2D eigenvalue weighted by atomic mass is 19.1. The van der Waals surface area contributed by atoms with Gasteiger partial charge in [0.15, 0.2) is 11.6 Å². The van der Waals surface area contributed by atoms with Gasteiger partial charge in [0, 0.05) is 35.6 Å². The van der Waals surface area contributed by atoms with Crippen LogP contribution >= 0.6 is 0 Å². The molecule has 0 bridgehead atoms. The Labute approximate surface area is 206 Å². The third-order valence-electron chi connectivity index (χ3n) is 5.57. The molecule has 36 heavy (non-hydrogen) atoms. The molecular formula is C28H19FN6O. The van der Waals surface area contributed by atoms with Crippen LogP contribution in [0.3, 0.4) is 0 Å². The average Bonchev–Trinajstić information content (AvgIpc) is 3.17. The number of anilines is 1. The Morgan fingerprint density at radius 1 is 1.00 bits per heavy atom. The first-order valence-corrected chi connectivity index (χ1v) is 10.9. The minimum Gasteiger partial charge on any atom is -0.421 e. The number of aromatic nitrogens is 5. The lowest BCUT2D eigenvalue weighted by molar-refractivity contribution is 0.410. The predicted octanol–water partition coefficient (Wildman–Crippen LogP) is 4.63. The summed E-state index contributed by atoms with van der Waals surface area (Å²) in [6.07, 6.45) is 8.37. The number of terminal acetylenes is 1. The molecule has 0 amide bonds. The van der Waals surface area contributed by atoms with E-state index >= 15 is 4.39 Å². The van der Waals surface area contributed by atoms with Crippen LogP contribution < -0.4 is 10.5 Å². The summed E-state index contributed by atoms with van der Waals surface area (Å²) in [5, 5.41) is 0.585.